The third-order valence-electron chi connectivity index (χ3n) is 2.87. The minimum absolute atomic E-state index is 0.0922. The minimum Gasteiger partial charge on any atom is -0.481 e. The van der Waals surface area contributed by atoms with E-state index >= 15 is 0 Å². The standard InChI is InChI=1S/C15H12F2O3/c1-9(15(18)19)10-2-5-12(6-3-10)20-14-7-4-11(16)8-13(14)17/h2-9H,1H3,(H,18,19). The van der Waals surface area contributed by atoms with Gasteiger partial charge in [0.1, 0.15) is 11.6 Å². The quantitative estimate of drug-likeness (QED) is 0.921. The average molecular weight is 278 g/mol. The predicted molar refractivity (Wildman–Crippen MR) is 68.9 cm³/mol. The highest BCUT2D eigenvalue weighted by atomic mass is 19.1. The Kier molecular flexibility index (Phi) is 3.98. The molecule has 1 N–H and O–H groups in total. The fourth-order valence-corrected chi connectivity index (χ4v) is 1.65. The summed E-state index contributed by atoms with van der Waals surface area (Å²) in [6.07, 6.45) is 0. The number of benzene rings is 2. The van der Waals surface area contributed by atoms with E-state index in [0.717, 1.165) is 12.1 Å². The fourth-order valence-electron chi connectivity index (χ4n) is 1.65. The SMILES string of the molecule is CC(C(=O)O)c1ccc(Oc2ccc(F)cc2F)cc1. The number of aliphatic carboxylic acids is 1. The number of ether oxygens (including phenoxy) is 1. The van der Waals surface area contributed by atoms with Gasteiger partial charge in [-0.2, -0.15) is 0 Å². The molecular weight excluding hydrogens is 266 g/mol. The van der Waals surface area contributed by atoms with Crippen molar-refractivity contribution in [2.24, 2.45) is 0 Å². The summed E-state index contributed by atoms with van der Waals surface area (Å²) in [5, 5.41) is 8.89. The number of carboxylic acids is 1. The van der Waals surface area contributed by atoms with Gasteiger partial charge in [-0.1, -0.05) is 12.1 Å². The van der Waals surface area contributed by atoms with E-state index in [1.165, 1.54) is 18.2 Å². The van der Waals surface area contributed by atoms with E-state index in [0.29, 0.717) is 11.3 Å². The zero-order valence-corrected chi connectivity index (χ0v) is 10.6. The Labute approximate surface area is 114 Å². The van der Waals surface area contributed by atoms with Crippen LogP contribution in [0.25, 0.3) is 0 Å². The molecule has 0 amide bonds. The average Bonchev–Trinajstić information content (AvgIpc) is 2.42. The van der Waals surface area contributed by atoms with Crippen molar-refractivity contribution in [3.8, 4) is 11.5 Å². The van der Waals surface area contributed by atoms with E-state index < -0.39 is 23.5 Å². The molecule has 2 aromatic carbocycles. The molecule has 0 aliphatic carbocycles. The van der Waals surface area contributed by atoms with Crippen molar-refractivity contribution in [3.63, 3.8) is 0 Å². The molecule has 104 valence electrons. The highest BCUT2D eigenvalue weighted by Crippen LogP contribution is 2.26. The van der Waals surface area contributed by atoms with Crippen LogP contribution < -0.4 is 4.74 Å². The molecule has 0 heterocycles. The highest BCUT2D eigenvalue weighted by molar-refractivity contribution is 5.75. The zero-order chi connectivity index (χ0) is 14.7. The molecule has 1 atom stereocenters. The molecule has 1 unspecified atom stereocenters. The lowest BCUT2D eigenvalue weighted by molar-refractivity contribution is -0.138. The van der Waals surface area contributed by atoms with E-state index in [-0.39, 0.29) is 5.75 Å². The molecule has 0 saturated carbocycles. The molecule has 2 rings (SSSR count). The Morgan fingerprint density at radius 2 is 1.80 bits per heavy atom. The van der Waals surface area contributed by atoms with Gasteiger partial charge in [-0.25, -0.2) is 8.78 Å². The number of carbonyl (C=O) groups is 1. The van der Waals surface area contributed by atoms with Crippen LogP contribution in [-0.2, 0) is 4.79 Å². The largest absolute Gasteiger partial charge is 0.481 e. The summed E-state index contributed by atoms with van der Waals surface area (Å²) in [5.74, 6) is -2.79. The summed E-state index contributed by atoms with van der Waals surface area (Å²) < 4.78 is 31.4. The first-order valence-corrected chi connectivity index (χ1v) is 5.93. The van der Waals surface area contributed by atoms with Crippen LogP contribution in [0.2, 0.25) is 0 Å². The van der Waals surface area contributed by atoms with E-state index in [9.17, 15) is 13.6 Å². The number of halogens is 2. The van der Waals surface area contributed by atoms with Crippen LogP contribution in [0, 0.1) is 11.6 Å². The third-order valence-corrected chi connectivity index (χ3v) is 2.87. The van der Waals surface area contributed by atoms with Crippen LogP contribution in [0.1, 0.15) is 18.4 Å². The first-order valence-electron chi connectivity index (χ1n) is 5.93. The van der Waals surface area contributed by atoms with Gasteiger partial charge in [0.15, 0.2) is 11.6 Å². The van der Waals surface area contributed by atoms with Crippen molar-refractivity contribution in [1.82, 2.24) is 0 Å². The lowest BCUT2D eigenvalue weighted by Crippen LogP contribution is -2.06. The van der Waals surface area contributed by atoms with Crippen LogP contribution in [0.15, 0.2) is 42.5 Å². The van der Waals surface area contributed by atoms with Crippen LogP contribution in [0.3, 0.4) is 0 Å². The van der Waals surface area contributed by atoms with Gasteiger partial charge in [0, 0.05) is 6.07 Å². The van der Waals surface area contributed by atoms with Crippen molar-refractivity contribution in [2.45, 2.75) is 12.8 Å². The van der Waals surface area contributed by atoms with Crippen molar-refractivity contribution >= 4 is 5.97 Å². The molecule has 0 radical (unpaired) electrons. The van der Waals surface area contributed by atoms with E-state index in [2.05, 4.69) is 0 Å². The number of hydrogen-bond donors (Lipinski definition) is 1. The van der Waals surface area contributed by atoms with Crippen molar-refractivity contribution < 1.29 is 23.4 Å². The fraction of sp³-hybridized carbons (Fsp3) is 0.133. The van der Waals surface area contributed by atoms with Gasteiger partial charge in [-0.3, -0.25) is 4.79 Å². The summed E-state index contributed by atoms with van der Waals surface area (Å²) in [4.78, 5) is 10.8. The number of carboxylic acid groups (broad SMARTS) is 1. The van der Waals surface area contributed by atoms with E-state index in [1.807, 2.05) is 0 Å². The number of hydrogen-bond acceptors (Lipinski definition) is 2. The maximum absolute atomic E-state index is 13.4. The van der Waals surface area contributed by atoms with Crippen LogP contribution >= 0.6 is 0 Å². The molecule has 3 nitrogen and oxygen atoms in total. The van der Waals surface area contributed by atoms with Crippen LogP contribution in [-0.4, -0.2) is 11.1 Å². The molecule has 0 saturated heterocycles. The van der Waals surface area contributed by atoms with Gasteiger partial charge in [0.05, 0.1) is 5.92 Å². The maximum Gasteiger partial charge on any atom is 0.310 e. The molecule has 0 aliphatic rings. The van der Waals surface area contributed by atoms with E-state index in [4.69, 9.17) is 9.84 Å². The topological polar surface area (TPSA) is 46.5 Å². The maximum atomic E-state index is 13.4. The molecule has 0 aromatic heterocycles. The summed E-state index contributed by atoms with van der Waals surface area (Å²) in [7, 11) is 0. The van der Waals surface area contributed by atoms with E-state index in [1.54, 1.807) is 19.1 Å². The molecule has 0 bridgehead atoms. The van der Waals surface area contributed by atoms with Gasteiger partial charge in [0.2, 0.25) is 0 Å². The summed E-state index contributed by atoms with van der Waals surface area (Å²) >= 11 is 0. The van der Waals surface area contributed by atoms with Crippen molar-refractivity contribution in [2.75, 3.05) is 0 Å². The lowest BCUT2D eigenvalue weighted by Gasteiger charge is -2.09. The second-order valence-corrected chi connectivity index (χ2v) is 4.31. The lowest BCUT2D eigenvalue weighted by atomic mass is 10.0. The first-order chi connectivity index (χ1) is 9.47. The molecule has 5 heteroatoms. The van der Waals surface area contributed by atoms with Gasteiger partial charge >= 0.3 is 5.97 Å². The Morgan fingerprint density at radius 3 is 2.35 bits per heavy atom. The Bertz CT molecular complexity index is 624. The summed E-state index contributed by atoms with van der Waals surface area (Å²) in [5.41, 5.74) is 0.615. The zero-order valence-electron chi connectivity index (χ0n) is 10.6. The van der Waals surface area contributed by atoms with Crippen LogP contribution in [0.4, 0.5) is 8.78 Å². The van der Waals surface area contributed by atoms with Gasteiger partial charge < -0.3 is 9.84 Å². The minimum atomic E-state index is -0.928. The van der Waals surface area contributed by atoms with Gasteiger partial charge in [0.25, 0.3) is 0 Å². The molecule has 0 spiro atoms. The molecule has 20 heavy (non-hydrogen) atoms. The molecule has 2 aromatic rings. The Balaban J connectivity index is 2.16. The van der Waals surface area contributed by atoms with Crippen molar-refractivity contribution in [3.05, 3.63) is 59.7 Å². The molecule has 0 aliphatic heterocycles. The van der Waals surface area contributed by atoms with Crippen LogP contribution in [0.5, 0.6) is 11.5 Å². The number of rotatable bonds is 4. The normalized spacial score (nSPS) is 11.9. The second kappa shape index (κ2) is 5.69. The first kappa shape index (κ1) is 14.0. The van der Waals surface area contributed by atoms with Crippen molar-refractivity contribution in [1.29, 1.82) is 0 Å². The third kappa shape index (κ3) is 3.12. The van der Waals surface area contributed by atoms with Gasteiger partial charge in [-0.15, -0.1) is 0 Å². The summed E-state index contributed by atoms with van der Waals surface area (Å²) in [6.45, 7) is 1.57. The summed E-state index contributed by atoms with van der Waals surface area (Å²) in [6, 6.07) is 9.29. The monoisotopic (exact) mass is 278 g/mol. The second-order valence-electron chi connectivity index (χ2n) is 4.31. The Hall–Kier alpha value is -2.43. The molecule has 0 fully saturated rings. The Morgan fingerprint density at radius 1 is 1.15 bits per heavy atom. The van der Waals surface area contributed by atoms with Gasteiger partial charge in [-0.05, 0) is 36.8 Å². The molecular formula is C15H12F2O3. The predicted octanol–water partition coefficient (Wildman–Crippen LogP) is 3.95. The highest BCUT2D eigenvalue weighted by Gasteiger charge is 2.13. The smallest absolute Gasteiger partial charge is 0.310 e.